The van der Waals surface area contributed by atoms with E-state index in [2.05, 4.69) is 32.4 Å². The number of fused-ring (bicyclic) bond motifs is 1. The number of rotatable bonds is 4. The molecule has 0 aliphatic heterocycles. The molecule has 0 bridgehead atoms. The van der Waals surface area contributed by atoms with Gasteiger partial charge in [0.25, 0.3) is 0 Å². The lowest BCUT2D eigenvalue weighted by Crippen LogP contribution is -2.21. The van der Waals surface area contributed by atoms with Crippen LogP contribution in [-0.2, 0) is 0 Å². The molecule has 1 fully saturated rings. The second-order valence-corrected chi connectivity index (χ2v) is 5.99. The topological polar surface area (TPSA) is 66.5 Å². The third kappa shape index (κ3) is 2.87. The summed E-state index contributed by atoms with van der Waals surface area (Å²) in [5.74, 6) is 2.44. The fourth-order valence-corrected chi connectivity index (χ4v) is 3.20. The quantitative estimate of drug-likeness (QED) is 0.845. The Morgan fingerprint density at radius 3 is 2.75 bits per heavy atom. The predicted octanol–water partition coefficient (Wildman–Crippen LogP) is 3.63. The molecule has 0 amide bonds. The summed E-state index contributed by atoms with van der Waals surface area (Å²) >= 11 is 5.93. The second-order valence-electron chi connectivity index (χ2n) is 5.65. The number of aromatic amines is 1. The van der Waals surface area contributed by atoms with Crippen molar-refractivity contribution in [2.45, 2.75) is 39.0 Å². The minimum Gasteiger partial charge on any atom is -0.369 e. The van der Waals surface area contributed by atoms with Crippen LogP contribution in [0, 0.1) is 11.8 Å². The van der Waals surface area contributed by atoms with Crippen molar-refractivity contribution in [1.29, 1.82) is 0 Å². The van der Waals surface area contributed by atoms with Crippen LogP contribution in [-0.4, -0.2) is 26.7 Å². The van der Waals surface area contributed by atoms with E-state index >= 15 is 0 Å². The van der Waals surface area contributed by atoms with Crippen LogP contribution < -0.4 is 5.32 Å². The highest BCUT2D eigenvalue weighted by atomic mass is 35.5. The van der Waals surface area contributed by atoms with Crippen LogP contribution in [0.15, 0.2) is 6.20 Å². The van der Waals surface area contributed by atoms with Crippen molar-refractivity contribution >= 4 is 28.5 Å². The maximum Gasteiger partial charge on any atom is 0.226 e. The Balaban J connectivity index is 1.64. The molecule has 108 valence electrons. The predicted molar refractivity (Wildman–Crippen MR) is 80.9 cm³/mol. The lowest BCUT2D eigenvalue weighted by atomic mass is 9.81. The molecule has 0 spiro atoms. The van der Waals surface area contributed by atoms with Crippen molar-refractivity contribution in [3.8, 4) is 0 Å². The molecule has 3 rings (SSSR count). The highest BCUT2D eigenvalue weighted by Gasteiger charge is 2.20. The highest BCUT2D eigenvalue weighted by Crippen LogP contribution is 2.31. The lowest BCUT2D eigenvalue weighted by molar-refractivity contribution is 0.278. The average Bonchev–Trinajstić information content (AvgIpc) is 2.93. The summed E-state index contributed by atoms with van der Waals surface area (Å²) in [6.07, 6.45) is 8.37. The first-order valence-electron chi connectivity index (χ1n) is 7.36. The Bertz CT molecular complexity index is 574. The molecule has 1 aliphatic rings. The number of anilines is 1. The summed E-state index contributed by atoms with van der Waals surface area (Å²) in [5, 5.41) is 11.4. The first-order valence-corrected chi connectivity index (χ1v) is 7.74. The normalized spacial score (nSPS) is 23.1. The number of aromatic nitrogens is 4. The van der Waals surface area contributed by atoms with Crippen molar-refractivity contribution < 1.29 is 0 Å². The van der Waals surface area contributed by atoms with Gasteiger partial charge in [0.15, 0.2) is 5.65 Å². The molecule has 0 aromatic carbocycles. The smallest absolute Gasteiger partial charge is 0.226 e. The molecule has 0 atom stereocenters. The molecule has 2 N–H and O–H groups in total. The summed E-state index contributed by atoms with van der Waals surface area (Å²) < 4.78 is 0. The SMILES string of the molecule is CCC1CCC(CNc2nc(Cl)nc3[nH]ncc23)CC1. The van der Waals surface area contributed by atoms with Crippen LogP contribution in [0.4, 0.5) is 5.82 Å². The zero-order valence-electron chi connectivity index (χ0n) is 11.7. The summed E-state index contributed by atoms with van der Waals surface area (Å²) in [5.41, 5.74) is 0.683. The Kier molecular flexibility index (Phi) is 4.05. The fourth-order valence-electron chi connectivity index (χ4n) is 3.03. The minimum absolute atomic E-state index is 0.249. The Morgan fingerprint density at radius 2 is 2.00 bits per heavy atom. The van der Waals surface area contributed by atoms with Crippen LogP contribution in [0.1, 0.15) is 39.0 Å². The van der Waals surface area contributed by atoms with Crippen molar-refractivity contribution in [3.63, 3.8) is 0 Å². The minimum atomic E-state index is 0.249. The van der Waals surface area contributed by atoms with E-state index < -0.39 is 0 Å². The van der Waals surface area contributed by atoms with E-state index in [-0.39, 0.29) is 5.28 Å². The number of hydrogen-bond acceptors (Lipinski definition) is 4. The molecular formula is C14H20ClN5. The number of nitrogens with one attached hydrogen (secondary N) is 2. The summed E-state index contributed by atoms with van der Waals surface area (Å²) in [6, 6.07) is 0. The van der Waals surface area contributed by atoms with E-state index in [4.69, 9.17) is 11.6 Å². The van der Waals surface area contributed by atoms with E-state index in [1.54, 1.807) is 6.20 Å². The van der Waals surface area contributed by atoms with E-state index in [1.807, 2.05) is 0 Å². The van der Waals surface area contributed by atoms with Gasteiger partial charge < -0.3 is 5.32 Å². The highest BCUT2D eigenvalue weighted by molar-refractivity contribution is 6.28. The zero-order valence-corrected chi connectivity index (χ0v) is 12.5. The van der Waals surface area contributed by atoms with Gasteiger partial charge >= 0.3 is 0 Å². The summed E-state index contributed by atoms with van der Waals surface area (Å²) in [7, 11) is 0. The van der Waals surface area contributed by atoms with Gasteiger partial charge in [0.1, 0.15) is 5.82 Å². The van der Waals surface area contributed by atoms with Gasteiger partial charge in [-0.2, -0.15) is 15.1 Å². The molecule has 0 radical (unpaired) electrons. The third-order valence-electron chi connectivity index (χ3n) is 4.38. The lowest BCUT2D eigenvalue weighted by Gasteiger charge is -2.28. The van der Waals surface area contributed by atoms with Gasteiger partial charge in [-0.25, -0.2) is 0 Å². The molecule has 2 heterocycles. The van der Waals surface area contributed by atoms with Crippen LogP contribution in [0.5, 0.6) is 0 Å². The number of halogens is 1. The van der Waals surface area contributed by atoms with Gasteiger partial charge in [-0.1, -0.05) is 26.2 Å². The van der Waals surface area contributed by atoms with E-state index in [1.165, 1.54) is 32.1 Å². The van der Waals surface area contributed by atoms with Gasteiger partial charge in [-0.15, -0.1) is 0 Å². The molecular weight excluding hydrogens is 274 g/mol. The molecule has 6 heteroatoms. The molecule has 1 aliphatic carbocycles. The Labute approximate surface area is 123 Å². The number of nitrogens with zero attached hydrogens (tertiary/aromatic N) is 3. The van der Waals surface area contributed by atoms with Gasteiger partial charge in [0, 0.05) is 6.54 Å². The van der Waals surface area contributed by atoms with Gasteiger partial charge in [-0.3, -0.25) is 5.10 Å². The Morgan fingerprint density at radius 1 is 1.25 bits per heavy atom. The average molecular weight is 294 g/mol. The van der Waals surface area contributed by atoms with Gasteiger partial charge in [0.2, 0.25) is 5.28 Å². The first-order chi connectivity index (χ1) is 9.76. The van der Waals surface area contributed by atoms with Crippen molar-refractivity contribution in [2.24, 2.45) is 11.8 Å². The largest absolute Gasteiger partial charge is 0.369 e. The molecule has 0 saturated heterocycles. The fraction of sp³-hybridized carbons (Fsp3) is 0.643. The monoisotopic (exact) mass is 293 g/mol. The first kappa shape index (κ1) is 13.6. The molecule has 5 nitrogen and oxygen atoms in total. The van der Waals surface area contributed by atoms with Crippen LogP contribution in [0.3, 0.4) is 0 Å². The van der Waals surface area contributed by atoms with Crippen LogP contribution in [0.2, 0.25) is 5.28 Å². The van der Waals surface area contributed by atoms with Gasteiger partial charge in [-0.05, 0) is 36.3 Å². The van der Waals surface area contributed by atoms with Gasteiger partial charge in [0.05, 0.1) is 11.6 Å². The maximum absolute atomic E-state index is 5.93. The second kappa shape index (κ2) is 5.95. The summed E-state index contributed by atoms with van der Waals surface area (Å²) in [4.78, 5) is 8.38. The van der Waals surface area contributed by atoms with Crippen molar-refractivity contribution in [3.05, 3.63) is 11.5 Å². The molecule has 0 unspecified atom stereocenters. The molecule has 1 saturated carbocycles. The van der Waals surface area contributed by atoms with Crippen molar-refractivity contribution in [1.82, 2.24) is 20.2 Å². The van der Waals surface area contributed by atoms with E-state index in [0.29, 0.717) is 5.65 Å². The number of hydrogen-bond donors (Lipinski definition) is 2. The zero-order chi connectivity index (χ0) is 13.9. The third-order valence-corrected chi connectivity index (χ3v) is 4.55. The summed E-state index contributed by atoms with van der Waals surface area (Å²) in [6.45, 7) is 3.24. The van der Waals surface area contributed by atoms with E-state index in [0.717, 1.165) is 29.6 Å². The molecule has 20 heavy (non-hydrogen) atoms. The number of H-pyrrole nitrogens is 1. The Hall–Kier alpha value is -1.36. The molecule has 2 aromatic heterocycles. The van der Waals surface area contributed by atoms with Crippen LogP contribution in [0.25, 0.3) is 11.0 Å². The maximum atomic E-state index is 5.93. The molecule has 2 aromatic rings. The van der Waals surface area contributed by atoms with Crippen molar-refractivity contribution in [2.75, 3.05) is 11.9 Å². The van der Waals surface area contributed by atoms with E-state index in [9.17, 15) is 0 Å². The standard InChI is InChI=1S/C14H20ClN5/c1-2-9-3-5-10(6-4-9)7-16-12-11-8-17-20-13(11)19-14(15)18-12/h8-10H,2-7H2,1H3,(H2,16,17,18,19,20). The van der Waals surface area contributed by atoms with Crippen LogP contribution >= 0.6 is 11.6 Å².